The van der Waals surface area contributed by atoms with Gasteiger partial charge in [0, 0.05) is 0 Å². The normalized spacial score (nSPS) is 26.9. The first kappa shape index (κ1) is 39.5. The van der Waals surface area contributed by atoms with E-state index in [-0.39, 0.29) is 48.3 Å². The molecule has 0 amide bonds. The lowest BCUT2D eigenvalue weighted by Crippen LogP contribution is -2.35. The summed E-state index contributed by atoms with van der Waals surface area (Å²) in [4.78, 5) is 50.0. The molecule has 4 saturated carbocycles. The highest BCUT2D eigenvalue weighted by molar-refractivity contribution is 5.96. The van der Waals surface area contributed by atoms with E-state index in [1.54, 1.807) is 48.5 Å². The zero-order chi connectivity index (χ0) is 37.0. The second-order valence-corrected chi connectivity index (χ2v) is 16.0. The van der Waals surface area contributed by atoms with Crippen LogP contribution in [-0.4, -0.2) is 48.3 Å². The summed E-state index contributed by atoms with van der Waals surface area (Å²) in [7, 11) is 0. The van der Waals surface area contributed by atoms with Crippen molar-refractivity contribution in [2.45, 2.75) is 155 Å². The molecule has 2 aromatic rings. The third-order valence-electron chi connectivity index (χ3n) is 11.7. The maximum Gasteiger partial charge on any atom is 0.338 e. The first-order valence-corrected chi connectivity index (χ1v) is 20.1. The van der Waals surface area contributed by atoms with Crippen LogP contribution in [0.25, 0.3) is 0 Å². The van der Waals surface area contributed by atoms with E-state index < -0.39 is 0 Å². The molecule has 4 unspecified atom stereocenters. The fourth-order valence-corrected chi connectivity index (χ4v) is 8.50. The largest absolute Gasteiger partial charge is 0.459 e. The van der Waals surface area contributed by atoms with Gasteiger partial charge in [-0.05, 0) is 137 Å². The highest BCUT2D eigenvalue weighted by Gasteiger charge is 2.33. The van der Waals surface area contributed by atoms with Crippen LogP contribution in [0.15, 0.2) is 48.5 Å². The Morgan fingerprint density at radius 2 is 0.692 bits per heavy atom. The average molecular weight is 717 g/mol. The Bertz CT molecular complexity index is 1370. The molecule has 8 heteroatoms. The van der Waals surface area contributed by atoms with Crippen molar-refractivity contribution >= 4 is 23.9 Å². The van der Waals surface area contributed by atoms with Gasteiger partial charge in [-0.3, -0.25) is 0 Å². The summed E-state index contributed by atoms with van der Waals surface area (Å²) in [6, 6.07) is 13.5. The number of hydrogen-bond acceptors (Lipinski definition) is 8. The van der Waals surface area contributed by atoms with Gasteiger partial charge in [-0.25, -0.2) is 19.2 Å². The highest BCUT2D eigenvalue weighted by atomic mass is 16.6. The van der Waals surface area contributed by atoms with Crippen molar-refractivity contribution in [1.82, 2.24) is 0 Å². The summed E-state index contributed by atoms with van der Waals surface area (Å²) in [6.07, 6.45) is 17.3. The van der Waals surface area contributed by atoms with Crippen LogP contribution in [0.4, 0.5) is 0 Å². The van der Waals surface area contributed by atoms with Crippen LogP contribution in [0.3, 0.4) is 0 Å². The van der Waals surface area contributed by atoms with Crippen LogP contribution in [0, 0.1) is 23.7 Å². The Kier molecular flexibility index (Phi) is 14.8. The fraction of sp³-hybridized carbons (Fsp3) is 0.636. The first-order chi connectivity index (χ1) is 25.1. The maximum absolute atomic E-state index is 12.7. The van der Waals surface area contributed by atoms with Crippen molar-refractivity contribution < 1.29 is 38.1 Å². The molecule has 0 aromatic heterocycles. The zero-order valence-corrected chi connectivity index (χ0v) is 31.8. The molecule has 0 saturated heterocycles. The molecule has 0 N–H and O–H groups in total. The van der Waals surface area contributed by atoms with Crippen LogP contribution in [-0.2, 0) is 18.9 Å². The second-order valence-electron chi connectivity index (χ2n) is 16.0. The molecule has 284 valence electrons. The predicted octanol–water partition coefficient (Wildman–Crippen LogP) is 10.3. The van der Waals surface area contributed by atoms with Gasteiger partial charge in [0.05, 0.1) is 22.3 Å². The van der Waals surface area contributed by atoms with E-state index in [1.807, 2.05) is 0 Å². The molecular weight excluding hydrogens is 656 g/mol. The Morgan fingerprint density at radius 3 is 1.00 bits per heavy atom. The van der Waals surface area contributed by atoms with Gasteiger partial charge >= 0.3 is 23.9 Å². The van der Waals surface area contributed by atoms with Gasteiger partial charge < -0.3 is 18.9 Å². The van der Waals surface area contributed by atoms with Crippen LogP contribution >= 0.6 is 0 Å². The molecule has 4 fully saturated rings. The van der Waals surface area contributed by atoms with Crippen molar-refractivity contribution in [2.75, 3.05) is 0 Å². The molecule has 4 atom stereocenters. The first-order valence-electron chi connectivity index (χ1n) is 20.1. The quantitative estimate of drug-likeness (QED) is 0.196. The van der Waals surface area contributed by atoms with Gasteiger partial charge in [-0.2, -0.15) is 0 Å². The van der Waals surface area contributed by atoms with Gasteiger partial charge in [0.15, 0.2) is 0 Å². The van der Waals surface area contributed by atoms with E-state index in [1.165, 1.54) is 25.7 Å². The molecule has 0 spiro atoms. The monoisotopic (exact) mass is 716 g/mol. The average Bonchev–Trinajstić information content (AvgIpc) is 3.16. The van der Waals surface area contributed by atoms with Gasteiger partial charge in [0.1, 0.15) is 24.4 Å². The number of ether oxygens (including phenoxy) is 4. The molecule has 0 heterocycles. The van der Waals surface area contributed by atoms with E-state index in [0.717, 1.165) is 77.0 Å². The molecule has 4 aliphatic carbocycles. The van der Waals surface area contributed by atoms with Gasteiger partial charge in [0.2, 0.25) is 0 Å². The number of carbonyl (C=O) groups excluding carboxylic acids is 4. The van der Waals surface area contributed by atoms with E-state index in [9.17, 15) is 19.2 Å². The molecule has 6 rings (SSSR count). The summed E-state index contributed by atoms with van der Waals surface area (Å²) in [5.41, 5.74) is 1.70. The Balaban J connectivity index is 0.000000203. The van der Waals surface area contributed by atoms with Gasteiger partial charge in [-0.15, -0.1) is 0 Å². The van der Waals surface area contributed by atoms with Gasteiger partial charge in [0.25, 0.3) is 0 Å². The smallest absolute Gasteiger partial charge is 0.338 e. The maximum atomic E-state index is 12.7. The van der Waals surface area contributed by atoms with E-state index in [0.29, 0.717) is 45.9 Å². The molecule has 52 heavy (non-hydrogen) atoms. The number of carbonyl (C=O) groups is 4. The Hall–Kier alpha value is -3.68. The Labute approximate surface area is 310 Å². The lowest BCUT2D eigenvalue weighted by molar-refractivity contribution is -0.0166. The van der Waals surface area contributed by atoms with Crippen LogP contribution in [0.5, 0.6) is 0 Å². The third kappa shape index (κ3) is 11.2. The molecular formula is C44H60O8. The van der Waals surface area contributed by atoms with Crippen molar-refractivity contribution in [2.24, 2.45) is 23.7 Å². The minimum atomic E-state index is -0.348. The van der Waals surface area contributed by atoms with E-state index in [4.69, 9.17) is 18.9 Å². The summed E-state index contributed by atoms with van der Waals surface area (Å²) in [5, 5.41) is 0. The van der Waals surface area contributed by atoms with Gasteiger partial charge in [-0.1, -0.05) is 65.5 Å². The van der Waals surface area contributed by atoms with Crippen LogP contribution in [0.1, 0.15) is 172 Å². The molecule has 8 nitrogen and oxygen atoms in total. The molecule has 2 aromatic carbocycles. The zero-order valence-electron chi connectivity index (χ0n) is 31.8. The highest BCUT2D eigenvalue weighted by Crippen LogP contribution is 2.33. The number of benzene rings is 2. The summed E-state index contributed by atoms with van der Waals surface area (Å²) in [5.74, 6) is 0.109. The van der Waals surface area contributed by atoms with Crippen molar-refractivity contribution in [3.63, 3.8) is 0 Å². The standard InChI is InChI=1S/C24H34O4.C20H26O4/c1-15-8-5-9-16(2)21(15)27-23(25)19-12-7-13-20(14-19)24(26)28-22-17(3)10-6-11-18(22)4;21-19(23-17-10-3-1-4-11-17)15-8-7-9-16(14-15)20(22)24-18-12-5-2-6-13-18/h7,12-18,21-22H,5-6,8-11H2,1-4H3;7-9,14,17-18H,1-6,10-13H2. The molecule has 0 bridgehead atoms. The molecule has 4 aliphatic rings. The topological polar surface area (TPSA) is 105 Å². The van der Waals surface area contributed by atoms with E-state index in [2.05, 4.69) is 27.7 Å². The van der Waals surface area contributed by atoms with Crippen molar-refractivity contribution in [3.8, 4) is 0 Å². The van der Waals surface area contributed by atoms with Crippen molar-refractivity contribution in [1.29, 1.82) is 0 Å². The minimum absolute atomic E-state index is 0.0177. The van der Waals surface area contributed by atoms with Crippen LogP contribution in [0.2, 0.25) is 0 Å². The summed E-state index contributed by atoms with van der Waals surface area (Å²) in [6.45, 7) is 8.59. The number of rotatable bonds is 8. The molecule has 0 aliphatic heterocycles. The lowest BCUT2D eigenvalue weighted by atomic mass is 9.80. The molecule has 0 radical (unpaired) electrons. The van der Waals surface area contributed by atoms with E-state index >= 15 is 0 Å². The number of hydrogen-bond donors (Lipinski definition) is 0. The second kappa shape index (κ2) is 19.4. The predicted molar refractivity (Wildman–Crippen MR) is 200 cm³/mol. The van der Waals surface area contributed by atoms with Crippen LogP contribution < -0.4 is 0 Å². The summed E-state index contributed by atoms with van der Waals surface area (Å²) >= 11 is 0. The minimum Gasteiger partial charge on any atom is -0.459 e. The number of esters is 4. The van der Waals surface area contributed by atoms with Crippen molar-refractivity contribution in [3.05, 3.63) is 70.8 Å². The third-order valence-corrected chi connectivity index (χ3v) is 11.7. The Morgan fingerprint density at radius 1 is 0.404 bits per heavy atom. The summed E-state index contributed by atoms with van der Waals surface area (Å²) < 4.78 is 22.8. The fourth-order valence-electron chi connectivity index (χ4n) is 8.50. The lowest BCUT2D eigenvalue weighted by Gasteiger charge is -2.34. The SMILES string of the molecule is CC1CCCC(C)C1OC(=O)c1cccc(C(=O)OC2C(C)CCCC2C)c1.O=C(OC1CCCCC1)c1cccc(C(=O)OC2CCCCC2)c1.